The van der Waals surface area contributed by atoms with E-state index in [4.69, 9.17) is 0 Å². The first-order valence-corrected chi connectivity index (χ1v) is 8.73. The van der Waals surface area contributed by atoms with Crippen LogP contribution in [0, 0.1) is 17.2 Å². The third-order valence-corrected chi connectivity index (χ3v) is 4.95. The van der Waals surface area contributed by atoms with Crippen LogP contribution in [0.15, 0.2) is 48.5 Å². The Balaban J connectivity index is 1.81. The number of aliphatic hydroxyl groups is 1. The van der Waals surface area contributed by atoms with Crippen molar-refractivity contribution in [1.29, 1.82) is 5.26 Å². The summed E-state index contributed by atoms with van der Waals surface area (Å²) in [5.41, 5.74) is 2.71. The highest BCUT2D eigenvalue weighted by molar-refractivity contribution is 6.01. The molecule has 1 fully saturated rings. The van der Waals surface area contributed by atoms with E-state index < -0.39 is 0 Å². The Hall–Kier alpha value is -2.64. The van der Waals surface area contributed by atoms with E-state index in [1.54, 1.807) is 12.1 Å². The molecule has 0 spiro atoms. The van der Waals surface area contributed by atoms with Gasteiger partial charge in [0.05, 0.1) is 11.6 Å². The van der Waals surface area contributed by atoms with Crippen molar-refractivity contribution in [3.05, 3.63) is 59.7 Å². The first kappa shape index (κ1) is 17.2. The zero-order chi connectivity index (χ0) is 17.6. The lowest BCUT2D eigenvalue weighted by atomic mass is 9.86. The monoisotopic (exact) mass is 334 g/mol. The van der Waals surface area contributed by atoms with Crippen molar-refractivity contribution in [3.8, 4) is 17.2 Å². The molecule has 0 radical (unpaired) electrons. The van der Waals surface area contributed by atoms with Crippen LogP contribution in [-0.2, 0) is 0 Å². The lowest BCUT2D eigenvalue weighted by Crippen LogP contribution is -2.38. The maximum Gasteiger partial charge on any atom is 0.252 e. The van der Waals surface area contributed by atoms with Gasteiger partial charge < -0.3 is 10.4 Å². The zero-order valence-electron chi connectivity index (χ0n) is 14.1. The number of carbonyl (C=O) groups is 1. The molecule has 4 heteroatoms. The molecular formula is C21H22N2O2. The summed E-state index contributed by atoms with van der Waals surface area (Å²) in [6, 6.07) is 17.1. The number of carbonyl (C=O) groups excluding carboxylic acids is 1. The van der Waals surface area contributed by atoms with Gasteiger partial charge in [-0.3, -0.25) is 4.79 Å². The van der Waals surface area contributed by atoms with Gasteiger partial charge >= 0.3 is 0 Å². The van der Waals surface area contributed by atoms with Crippen LogP contribution in [-0.4, -0.2) is 23.7 Å². The van der Waals surface area contributed by atoms with Crippen molar-refractivity contribution in [2.45, 2.75) is 31.7 Å². The summed E-state index contributed by atoms with van der Waals surface area (Å²) in [7, 11) is 0. The summed E-state index contributed by atoms with van der Waals surface area (Å²) < 4.78 is 0. The van der Waals surface area contributed by atoms with Crippen molar-refractivity contribution < 1.29 is 9.90 Å². The van der Waals surface area contributed by atoms with Crippen LogP contribution in [0.3, 0.4) is 0 Å². The van der Waals surface area contributed by atoms with Gasteiger partial charge in [-0.25, -0.2) is 0 Å². The van der Waals surface area contributed by atoms with Crippen LogP contribution in [0.25, 0.3) is 11.1 Å². The molecule has 1 saturated carbocycles. The molecule has 25 heavy (non-hydrogen) atoms. The van der Waals surface area contributed by atoms with Gasteiger partial charge in [-0.05, 0) is 49.3 Å². The smallest absolute Gasteiger partial charge is 0.252 e. The van der Waals surface area contributed by atoms with Crippen molar-refractivity contribution in [1.82, 2.24) is 5.32 Å². The summed E-state index contributed by atoms with van der Waals surface area (Å²) >= 11 is 0. The molecule has 4 nitrogen and oxygen atoms in total. The van der Waals surface area contributed by atoms with Gasteiger partial charge in [-0.2, -0.15) is 5.26 Å². The molecule has 2 aromatic rings. The van der Waals surface area contributed by atoms with E-state index >= 15 is 0 Å². The number of rotatable bonds is 4. The standard InChI is InChI=1S/C21H22N2O2/c22-13-16-5-1-2-6-18(16)19-7-3-4-8-20(19)21(25)23-17-11-9-15(14-24)10-12-17/h1-8,15,17,24H,9-12,14H2,(H,23,25). The molecule has 0 heterocycles. The highest BCUT2D eigenvalue weighted by Gasteiger charge is 2.23. The molecule has 128 valence electrons. The fraction of sp³-hybridized carbons (Fsp3) is 0.333. The lowest BCUT2D eigenvalue weighted by molar-refractivity contribution is 0.0914. The number of aliphatic hydroxyl groups excluding tert-OH is 1. The number of nitriles is 1. The van der Waals surface area contributed by atoms with Gasteiger partial charge in [0, 0.05) is 23.8 Å². The van der Waals surface area contributed by atoms with Crippen molar-refractivity contribution in [2.75, 3.05) is 6.61 Å². The Kier molecular flexibility index (Phi) is 5.47. The van der Waals surface area contributed by atoms with Crippen LogP contribution in [0.2, 0.25) is 0 Å². The second kappa shape index (κ2) is 7.96. The highest BCUT2D eigenvalue weighted by Crippen LogP contribution is 2.28. The molecule has 2 N–H and O–H groups in total. The van der Waals surface area contributed by atoms with E-state index in [0.29, 0.717) is 17.0 Å². The minimum atomic E-state index is -0.101. The zero-order valence-corrected chi connectivity index (χ0v) is 14.1. The quantitative estimate of drug-likeness (QED) is 0.898. The van der Waals surface area contributed by atoms with Crippen molar-refractivity contribution in [2.24, 2.45) is 5.92 Å². The number of nitrogens with one attached hydrogen (secondary N) is 1. The van der Waals surface area contributed by atoms with E-state index in [0.717, 1.165) is 36.8 Å². The molecule has 0 saturated heterocycles. The van der Waals surface area contributed by atoms with Gasteiger partial charge in [-0.1, -0.05) is 36.4 Å². The van der Waals surface area contributed by atoms with Gasteiger partial charge in [0.25, 0.3) is 5.91 Å². The average Bonchev–Trinajstić information content (AvgIpc) is 2.68. The summed E-state index contributed by atoms with van der Waals surface area (Å²) in [6.45, 7) is 0.231. The third kappa shape index (κ3) is 3.89. The molecule has 2 aromatic carbocycles. The van der Waals surface area contributed by atoms with E-state index in [2.05, 4.69) is 11.4 Å². The van der Waals surface area contributed by atoms with Crippen LogP contribution < -0.4 is 5.32 Å². The lowest BCUT2D eigenvalue weighted by Gasteiger charge is -2.28. The highest BCUT2D eigenvalue weighted by atomic mass is 16.3. The average molecular weight is 334 g/mol. The van der Waals surface area contributed by atoms with Gasteiger partial charge in [0.2, 0.25) is 0 Å². The van der Waals surface area contributed by atoms with E-state index in [1.807, 2.05) is 36.4 Å². The summed E-state index contributed by atoms with van der Waals surface area (Å²) in [5.74, 6) is 0.263. The van der Waals surface area contributed by atoms with Gasteiger partial charge in [-0.15, -0.1) is 0 Å². The molecule has 1 aliphatic rings. The number of nitrogens with zero attached hydrogens (tertiary/aromatic N) is 1. The molecule has 0 atom stereocenters. The topological polar surface area (TPSA) is 73.1 Å². The maximum absolute atomic E-state index is 12.8. The Labute approximate surface area is 148 Å². The summed E-state index contributed by atoms with van der Waals surface area (Å²) in [5, 5.41) is 21.7. The summed E-state index contributed by atoms with van der Waals surface area (Å²) in [6.07, 6.45) is 3.68. The Bertz CT molecular complexity index is 786. The van der Waals surface area contributed by atoms with E-state index in [1.165, 1.54) is 0 Å². The van der Waals surface area contributed by atoms with Crippen LogP contribution in [0.1, 0.15) is 41.6 Å². The van der Waals surface area contributed by atoms with Crippen LogP contribution >= 0.6 is 0 Å². The molecule has 1 aliphatic carbocycles. The molecule has 0 bridgehead atoms. The number of benzene rings is 2. The fourth-order valence-corrected chi connectivity index (χ4v) is 3.48. The fourth-order valence-electron chi connectivity index (χ4n) is 3.48. The number of hydrogen-bond donors (Lipinski definition) is 2. The minimum absolute atomic E-state index is 0.101. The SMILES string of the molecule is N#Cc1ccccc1-c1ccccc1C(=O)NC1CCC(CO)CC1. The normalized spacial score (nSPS) is 19.8. The van der Waals surface area contributed by atoms with E-state index in [9.17, 15) is 15.2 Å². The Morgan fingerprint density at radius 1 is 1.04 bits per heavy atom. The van der Waals surface area contributed by atoms with Gasteiger partial charge in [0.1, 0.15) is 0 Å². The maximum atomic E-state index is 12.8. The van der Waals surface area contributed by atoms with Crippen molar-refractivity contribution in [3.63, 3.8) is 0 Å². The molecule has 3 rings (SSSR count). The number of hydrogen-bond acceptors (Lipinski definition) is 3. The van der Waals surface area contributed by atoms with E-state index in [-0.39, 0.29) is 18.6 Å². The second-order valence-corrected chi connectivity index (χ2v) is 6.58. The first-order valence-electron chi connectivity index (χ1n) is 8.73. The number of amides is 1. The van der Waals surface area contributed by atoms with Gasteiger partial charge in [0.15, 0.2) is 0 Å². The molecule has 1 amide bonds. The predicted molar refractivity (Wildman–Crippen MR) is 96.9 cm³/mol. The Morgan fingerprint density at radius 2 is 1.68 bits per heavy atom. The first-order chi connectivity index (χ1) is 12.2. The summed E-state index contributed by atoms with van der Waals surface area (Å²) in [4.78, 5) is 12.8. The molecular weight excluding hydrogens is 312 g/mol. The minimum Gasteiger partial charge on any atom is -0.396 e. The predicted octanol–water partition coefficient (Wildman–Crippen LogP) is 3.51. The second-order valence-electron chi connectivity index (χ2n) is 6.58. The molecule has 0 aromatic heterocycles. The third-order valence-electron chi connectivity index (χ3n) is 4.95. The van der Waals surface area contributed by atoms with Crippen molar-refractivity contribution >= 4 is 5.91 Å². The molecule has 0 unspecified atom stereocenters. The largest absolute Gasteiger partial charge is 0.396 e. The Morgan fingerprint density at radius 3 is 2.36 bits per heavy atom. The molecule has 0 aliphatic heterocycles. The van der Waals surface area contributed by atoms with Crippen LogP contribution in [0.4, 0.5) is 0 Å². The van der Waals surface area contributed by atoms with Crippen LogP contribution in [0.5, 0.6) is 0 Å².